The Kier molecular flexibility index (Phi) is 9.90. The zero-order chi connectivity index (χ0) is 33.0. The number of cyclic esters (lactones) is 1. The number of hydrogen-bond donors (Lipinski definition) is 2. The van der Waals surface area contributed by atoms with Crippen molar-refractivity contribution in [1.29, 1.82) is 0 Å². The molecule has 1 aromatic heterocycles. The zero-order valence-corrected chi connectivity index (χ0v) is 26.6. The lowest BCUT2D eigenvalue weighted by Gasteiger charge is -2.31. The first-order valence-electron chi connectivity index (χ1n) is 15.0. The van der Waals surface area contributed by atoms with Crippen molar-refractivity contribution in [3.8, 4) is 0 Å². The lowest BCUT2D eigenvalue weighted by molar-refractivity contribution is -0.129. The maximum atomic E-state index is 13.9. The number of carbonyl (C=O) groups is 3. The highest BCUT2D eigenvalue weighted by Crippen LogP contribution is 2.26. The molecule has 4 aromatic rings. The molecular weight excluding hydrogens is 610 g/mol. The van der Waals surface area contributed by atoms with Crippen LogP contribution in [0.25, 0.3) is 11.0 Å². The van der Waals surface area contributed by atoms with Crippen molar-refractivity contribution in [2.75, 3.05) is 24.5 Å². The molecule has 1 aliphatic heterocycles. The summed E-state index contributed by atoms with van der Waals surface area (Å²) in [6.07, 6.45) is -1.60. The van der Waals surface area contributed by atoms with E-state index in [-0.39, 0.29) is 42.7 Å². The van der Waals surface area contributed by atoms with Crippen LogP contribution in [0, 0.1) is 5.92 Å². The molecule has 11 nitrogen and oxygen atoms in total. The van der Waals surface area contributed by atoms with Gasteiger partial charge in [-0.3, -0.25) is 14.5 Å². The molecule has 1 fully saturated rings. The Morgan fingerprint density at radius 2 is 1.78 bits per heavy atom. The predicted molar refractivity (Wildman–Crippen MR) is 172 cm³/mol. The number of sulfonamides is 1. The van der Waals surface area contributed by atoms with E-state index in [0.717, 1.165) is 10.9 Å². The number of nitrogens with one attached hydrogen (secondary N) is 1. The van der Waals surface area contributed by atoms with Crippen molar-refractivity contribution in [1.82, 2.24) is 9.62 Å². The van der Waals surface area contributed by atoms with Crippen LogP contribution < -0.4 is 10.2 Å². The molecule has 0 saturated carbocycles. The van der Waals surface area contributed by atoms with Gasteiger partial charge in [0, 0.05) is 35.8 Å². The van der Waals surface area contributed by atoms with Crippen molar-refractivity contribution in [2.24, 2.45) is 5.92 Å². The number of ether oxygens (including phenoxy) is 1. The summed E-state index contributed by atoms with van der Waals surface area (Å²) in [7, 11) is -4.07. The van der Waals surface area contributed by atoms with E-state index in [4.69, 9.17) is 9.15 Å². The number of carbonyl (C=O) groups excluding carboxylic acids is 3. The van der Waals surface area contributed by atoms with Crippen LogP contribution in [0.2, 0.25) is 0 Å². The summed E-state index contributed by atoms with van der Waals surface area (Å²) in [6, 6.07) is 21.1. The number of amides is 2. The molecule has 242 valence electrons. The monoisotopic (exact) mass is 647 g/mol. The molecule has 1 aliphatic rings. The van der Waals surface area contributed by atoms with Gasteiger partial charge < -0.3 is 19.6 Å². The van der Waals surface area contributed by atoms with E-state index in [1.807, 2.05) is 44.2 Å². The molecule has 46 heavy (non-hydrogen) atoms. The Bertz CT molecular complexity index is 1820. The molecule has 0 spiro atoms. The Morgan fingerprint density at radius 1 is 1.02 bits per heavy atom. The molecule has 5 rings (SSSR count). The van der Waals surface area contributed by atoms with Crippen LogP contribution in [0.15, 0.2) is 94.4 Å². The van der Waals surface area contributed by atoms with Gasteiger partial charge in [-0.05, 0) is 55.2 Å². The number of aliphatic hydroxyl groups is 1. The summed E-state index contributed by atoms with van der Waals surface area (Å²) >= 11 is 0. The fraction of sp³-hybridized carbons (Fsp3) is 0.324. The van der Waals surface area contributed by atoms with Crippen molar-refractivity contribution < 1.29 is 37.1 Å². The van der Waals surface area contributed by atoms with Crippen molar-refractivity contribution in [2.45, 2.75) is 50.3 Å². The van der Waals surface area contributed by atoms with Crippen LogP contribution in [0.5, 0.6) is 0 Å². The fourth-order valence-electron chi connectivity index (χ4n) is 5.39. The van der Waals surface area contributed by atoms with E-state index in [9.17, 15) is 27.9 Å². The van der Waals surface area contributed by atoms with E-state index in [1.54, 1.807) is 36.4 Å². The van der Waals surface area contributed by atoms with E-state index in [0.29, 0.717) is 16.8 Å². The molecule has 3 atom stereocenters. The number of aliphatic hydroxyl groups excluding tert-OH is 1. The Hall–Kier alpha value is -4.52. The summed E-state index contributed by atoms with van der Waals surface area (Å²) in [5, 5.41) is 15.1. The SMILES string of the molecule is CC(=O)c1cccc(N2C[C@@H](C(=O)N[C@@H](Cc3ccccc3)[C@H](O)CN(CC(C)C)S(=O)(=O)c3ccc4ccoc4c3)OC2=O)c1. The molecule has 3 aromatic carbocycles. The minimum atomic E-state index is -4.07. The normalized spacial score (nSPS) is 16.5. The molecule has 12 heteroatoms. The number of fused-ring (bicyclic) bond motifs is 1. The number of benzene rings is 3. The maximum Gasteiger partial charge on any atom is 0.415 e. The van der Waals surface area contributed by atoms with Crippen molar-refractivity contribution in [3.05, 3.63) is 96.3 Å². The van der Waals surface area contributed by atoms with Gasteiger partial charge in [0.1, 0.15) is 5.58 Å². The first kappa shape index (κ1) is 32.9. The van der Waals surface area contributed by atoms with E-state index in [1.165, 1.54) is 34.5 Å². The highest BCUT2D eigenvalue weighted by Gasteiger charge is 2.39. The lowest BCUT2D eigenvalue weighted by Crippen LogP contribution is -2.53. The van der Waals surface area contributed by atoms with Gasteiger partial charge in [0.15, 0.2) is 11.9 Å². The van der Waals surface area contributed by atoms with Gasteiger partial charge in [-0.1, -0.05) is 56.3 Å². The Balaban J connectivity index is 1.36. The summed E-state index contributed by atoms with van der Waals surface area (Å²) < 4.78 is 39.7. The number of furan rings is 1. The van der Waals surface area contributed by atoms with Crippen LogP contribution in [0.1, 0.15) is 36.7 Å². The molecular formula is C34H37N3O8S. The third-order valence-corrected chi connectivity index (χ3v) is 9.61. The van der Waals surface area contributed by atoms with Crippen LogP contribution in [0.4, 0.5) is 10.5 Å². The Labute approximate surface area is 267 Å². The quantitative estimate of drug-likeness (QED) is 0.203. The van der Waals surface area contributed by atoms with E-state index < -0.39 is 40.3 Å². The molecule has 0 unspecified atom stereocenters. The number of ketones is 1. The minimum Gasteiger partial charge on any atom is -0.464 e. The second-order valence-electron chi connectivity index (χ2n) is 11.8. The maximum absolute atomic E-state index is 13.9. The molecule has 0 bridgehead atoms. The third-order valence-electron chi connectivity index (χ3n) is 7.78. The van der Waals surface area contributed by atoms with Gasteiger partial charge in [0.25, 0.3) is 5.91 Å². The number of rotatable bonds is 13. The highest BCUT2D eigenvalue weighted by atomic mass is 32.2. The molecule has 0 aliphatic carbocycles. The second-order valence-corrected chi connectivity index (χ2v) is 13.7. The third kappa shape index (κ3) is 7.47. The number of anilines is 1. The van der Waals surface area contributed by atoms with Gasteiger partial charge in [0.2, 0.25) is 10.0 Å². The van der Waals surface area contributed by atoms with Gasteiger partial charge in [-0.2, -0.15) is 4.31 Å². The molecule has 0 radical (unpaired) electrons. The molecule has 2 amide bonds. The largest absolute Gasteiger partial charge is 0.464 e. The zero-order valence-electron chi connectivity index (χ0n) is 25.8. The van der Waals surface area contributed by atoms with E-state index in [2.05, 4.69) is 5.32 Å². The van der Waals surface area contributed by atoms with Crippen LogP contribution in [0.3, 0.4) is 0 Å². The van der Waals surface area contributed by atoms with Gasteiger partial charge in [0.05, 0.1) is 29.8 Å². The number of hydrogen-bond acceptors (Lipinski definition) is 8. The van der Waals surface area contributed by atoms with Gasteiger partial charge in [-0.15, -0.1) is 0 Å². The second kappa shape index (κ2) is 13.9. The first-order chi connectivity index (χ1) is 21.9. The lowest BCUT2D eigenvalue weighted by atomic mass is 10.0. The van der Waals surface area contributed by atoms with E-state index >= 15 is 0 Å². The Morgan fingerprint density at radius 3 is 2.50 bits per heavy atom. The summed E-state index contributed by atoms with van der Waals surface area (Å²) in [5.74, 6) is -0.876. The van der Waals surface area contributed by atoms with Crippen LogP contribution >= 0.6 is 0 Å². The van der Waals surface area contributed by atoms with Crippen LogP contribution in [-0.2, 0) is 26.0 Å². The van der Waals surface area contributed by atoms with Gasteiger partial charge in [-0.25, -0.2) is 13.2 Å². The number of Topliss-reactive ketones (excluding diaryl/α,β-unsaturated/α-hetero) is 1. The standard InChI is InChI=1S/C34H37N3O8S/c1-22(2)19-36(46(42,43)28-13-12-25-14-15-44-31(25)18-28)20-30(39)29(16-24-8-5-4-6-9-24)35-33(40)32-21-37(34(41)45-32)27-11-7-10-26(17-27)23(3)38/h4-15,17-18,22,29-30,32,39H,16,19-21H2,1-3H3,(H,35,40)/t29-,30+,32-/m0/s1. The number of nitrogens with zero attached hydrogens (tertiary/aromatic N) is 2. The van der Waals surface area contributed by atoms with Crippen LogP contribution in [-0.4, -0.2) is 73.5 Å². The topological polar surface area (TPSA) is 146 Å². The summed E-state index contributed by atoms with van der Waals surface area (Å²) in [6.45, 7) is 4.88. The molecule has 1 saturated heterocycles. The summed E-state index contributed by atoms with van der Waals surface area (Å²) in [5.41, 5.74) is 2.05. The smallest absolute Gasteiger partial charge is 0.415 e. The minimum absolute atomic E-state index is 0.0262. The average Bonchev–Trinajstić information content (AvgIpc) is 3.67. The molecule has 2 N–H and O–H groups in total. The van der Waals surface area contributed by atoms with Crippen molar-refractivity contribution in [3.63, 3.8) is 0 Å². The average molecular weight is 648 g/mol. The first-order valence-corrected chi connectivity index (χ1v) is 16.5. The van der Waals surface area contributed by atoms with Crippen molar-refractivity contribution >= 4 is 44.5 Å². The fourth-order valence-corrected chi connectivity index (χ4v) is 7.03. The van der Waals surface area contributed by atoms with Gasteiger partial charge >= 0.3 is 6.09 Å². The summed E-state index contributed by atoms with van der Waals surface area (Å²) in [4.78, 5) is 39.4. The molecule has 2 heterocycles. The highest BCUT2D eigenvalue weighted by molar-refractivity contribution is 7.89. The predicted octanol–water partition coefficient (Wildman–Crippen LogP) is 4.40.